The third-order valence-corrected chi connectivity index (χ3v) is 10.4. The molecule has 3 amide bonds. The Morgan fingerprint density at radius 2 is 1.50 bits per heavy atom. The first-order valence-corrected chi connectivity index (χ1v) is 15.3. The van der Waals surface area contributed by atoms with E-state index < -0.39 is 23.0 Å². The van der Waals surface area contributed by atoms with Crippen LogP contribution in [0.15, 0.2) is 87.1 Å². The van der Waals surface area contributed by atoms with Crippen molar-refractivity contribution in [2.75, 3.05) is 10.2 Å². The lowest BCUT2D eigenvalue weighted by Gasteiger charge is -2.30. The molecule has 0 spiro atoms. The minimum atomic E-state index is -0.774. The number of carbonyl (C=O) groups excluding carboxylic acids is 3. The van der Waals surface area contributed by atoms with Crippen molar-refractivity contribution in [2.45, 2.75) is 22.7 Å². The third-order valence-electron chi connectivity index (χ3n) is 6.79. The summed E-state index contributed by atoms with van der Waals surface area (Å²) in [7, 11) is 0. The summed E-state index contributed by atoms with van der Waals surface area (Å²) in [5.41, 5.74) is 1.78. The van der Waals surface area contributed by atoms with Crippen LogP contribution in [0.2, 0.25) is 10.0 Å². The minimum absolute atomic E-state index is 0.246. The van der Waals surface area contributed by atoms with E-state index in [4.69, 9.17) is 23.2 Å². The lowest BCUT2D eigenvalue weighted by atomic mass is 9.83. The van der Waals surface area contributed by atoms with Gasteiger partial charge in [-0.1, -0.05) is 74.4 Å². The second kappa shape index (κ2) is 10.8. The lowest BCUT2D eigenvalue weighted by molar-refractivity contribution is -0.122. The molecule has 3 atom stereocenters. The highest BCUT2D eigenvalue weighted by Crippen LogP contribution is 2.54. The van der Waals surface area contributed by atoms with E-state index in [9.17, 15) is 19.2 Å². The predicted molar refractivity (Wildman–Crippen MR) is 162 cm³/mol. The zero-order chi connectivity index (χ0) is 28.1. The van der Waals surface area contributed by atoms with Gasteiger partial charge in [-0.3, -0.25) is 23.7 Å². The van der Waals surface area contributed by atoms with Gasteiger partial charge in [0.2, 0.25) is 17.7 Å². The van der Waals surface area contributed by atoms with E-state index in [1.165, 1.54) is 21.2 Å². The standard InChI is InChI=1S/C28H18BrCl2N3O4S2/c29-15-3-11-19(12-4-15)34-25(36)22-21(14-1-5-16(30)6-2-14)24-27(39-23(22)26(34)37)33(28(38)40-24)13-20(35)32-18-9-7-17(31)8-10-18/h1-12,21-23H,13H2,(H,32,35)/t21-,22-,23+/m0/s1. The number of thiazole rings is 1. The number of nitrogens with zero attached hydrogens (tertiary/aromatic N) is 2. The first kappa shape index (κ1) is 27.3. The summed E-state index contributed by atoms with van der Waals surface area (Å²) in [6, 6.07) is 20.7. The SMILES string of the molecule is O=C(Cn1c2c(sc1=O)[C@@H](c1ccc(Cl)cc1)[C@@H]1C(=O)N(c3ccc(Br)cc3)C(=O)[C@@H]1S2)Nc1ccc(Cl)cc1. The second-order valence-electron chi connectivity index (χ2n) is 9.26. The molecule has 7 nitrogen and oxygen atoms in total. The van der Waals surface area contributed by atoms with Gasteiger partial charge in [-0.2, -0.15) is 0 Å². The van der Waals surface area contributed by atoms with E-state index in [0.717, 1.165) is 21.4 Å². The Morgan fingerprint density at radius 3 is 2.15 bits per heavy atom. The maximum atomic E-state index is 13.9. The summed E-state index contributed by atoms with van der Waals surface area (Å²) in [6.45, 7) is -0.246. The molecule has 3 aromatic carbocycles. The zero-order valence-electron chi connectivity index (χ0n) is 20.3. The van der Waals surface area contributed by atoms with Gasteiger partial charge < -0.3 is 5.32 Å². The number of nitrogens with one attached hydrogen (secondary N) is 1. The van der Waals surface area contributed by atoms with Crippen LogP contribution in [-0.4, -0.2) is 27.5 Å². The van der Waals surface area contributed by atoms with Gasteiger partial charge >= 0.3 is 4.87 Å². The van der Waals surface area contributed by atoms with Crippen LogP contribution >= 0.6 is 62.2 Å². The maximum Gasteiger partial charge on any atom is 0.308 e. The smallest absolute Gasteiger partial charge is 0.308 e. The summed E-state index contributed by atoms with van der Waals surface area (Å²) in [6.07, 6.45) is 0. The highest BCUT2D eigenvalue weighted by Gasteiger charge is 2.56. The molecule has 12 heteroatoms. The molecule has 6 rings (SSSR count). The summed E-state index contributed by atoms with van der Waals surface area (Å²) in [5.74, 6) is -2.38. The van der Waals surface area contributed by atoms with Crippen LogP contribution in [0.1, 0.15) is 16.4 Å². The van der Waals surface area contributed by atoms with Gasteiger partial charge in [0.1, 0.15) is 11.8 Å². The maximum absolute atomic E-state index is 13.9. The average molecular weight is 675 g/mol. The third kappa shape index (κ3) is 4.92. The van der Waals surface area contributed by atoms with Crippen LogP contribution in [-0.2, 0) is 20.9 Å². The molecule has 4 aromatic rings. The van der Waals surface area contributed by atoms with Gasteiger partial charge in [0.25, 0.3) is 0 Å². The first-order valence-electron chi connectivity index (χ1n) is 12.1. The van der Waals surface area contributed by atoms with Crippen molar-refractivity contribution in [1.29, 1.82) is 0 Å². The summed E-state index contributed by atoms with van der Waals surface area (Å²) in [4.78, 5) is 55.4. The quantitative estimate of drug-likeness (QED) is 0.247. The van der Waals surface area contributed by atoms with Crippen LogP contribution in [0, 0.1) is 5.92 Å². The molecule has 202 valence electrons. The number of thioether (sulfide) groups is 1. The molecule has 3 heterocycles. The fraction of sp³-hybridized carbons (Fsp3) is 0.143. The average Bonchev–Trinajstić information content (AvgIpc) is 3.37. The molecule has 1 aromatic heterocycles. The topological polar surface area (TPSA) is 88.5 Å². The number of rotatable bonds is 5. The van der Waals surface area contributed by atoms with Crippen molar-refractivity contribution >= 4 is 91.3 Å². The highest BCUT2D eigenvalue weighted by atomic mass is 79.9. The van der Waals surface area contributed by atoms with Crippen LogP contribution in [0.3, 0.4) is 0 Å². The number of hydrogen-bond donors (Lipinski definition) is 1. The Kier molecular flexibility index (Phi) is 7.39. The van der Waals surface area contributed by atoms with Crippen LogP contribution in [0.25, 0.3) is 0 Å². The number of amides is 3. The van der Waals surface area contributed by atoms with E-state index in [2.05, 4.69) is 21.2 Å². The molecule has 2 aliphatic rings. The fourth-order valence-corrected chi connectivity index (χ4v) is 8.30. The summed E-state index contributed by atoms with van der Waals surface area (Å²) in [5, 5.41) is 3.58. The normalized spacial score (nSPS) is 19.9. The van der Waals surface area contributed by atoms with Gasteiger partial charge in [-0.15, -0.1) is 0 Å². The number of aromatic nitrogens is 1. The molecular weight excluding hydrogens is 657 g/mol. The van der Waals surface area contributed by atoms with Crippen molar-refractivity contribution in [3.8, 4) is 0 Å². The van der Waals surface area contributed by atoms with Gasteiger partial charge in [0, 0.05) is 31.0 Å². The number of fused-ring (bicyclic) bond motifs is 2. The largest absolute Gasteiger partial charge is 0.325 e. The van der Waals surface area contributed by atoms with Gasteiger partial charge in [0.15, 0.2) is 0 Å². The number of halogens is 3. The van der Waals surface area contributed by atoms with Crippen LogP contribution < -0.4 is 15.1 Å². The van der Waals surface area contributed by atoms with Crippen molar-refractivity contribution in [3.63, 3.8) is 0 Å². The Bertz CT molecular complexity index is 1710. The predicted octanol–water partition coefficient (Wildman–Crippen LogP) is 6.41. The van der Waals surface area contributed by atoms with Gasteiger partial charge in [-0.05, 0) is 66.2 Å². The Balaban J connectivity index is 1.40. The summed E-state index contributed by atoms with van der Waals surface area (Å²) < 4.78 is 2.21. The second-order valence-corrected chi connectivity index (χ2v) is 13.2. The number of imide groups is 1. The molecule has 0 radical (unpaired) electrons. The highest BCUT2D eigenvalue weighted by molar-refractivity contribution is 9.10. The molecule has 1 saturated heterocycles. The molecule has 40 heavy (non-hydrogen) atoms. The van der Waals surface area contributed by atoms with Gasteiger partial charge in [0.05, 0.1) is 16.6 Å². The van der Waals surface area contributed by atoms with Gasteiger partial charge in [-0.25, -0.2) is 4.90 Å². The van der Waals surface area contributed by atoms with Crippen molar-refractivity contribution in [1.82, 2.24) is 4.57 Å². The number of hydrogen-bond acceptors (Lipinski definition) is 6. The van der Waals surface area contributed by atoms with E-state index in [0.29, 0.717) is 31.3 Å². The molecule has 0 unspecified atom stereocenters. The minimum Gasteiger partial charge on any atom is -0.325 e. The summed E-state index contributed by atoms with van der Waals surface area (Å²) >= 11 is 17.6. The molecule has 1 fully saturated rings. The number of anilines is 2. The first-order chi connectivity index (χ1) is 19.2. The Labute approximate surface area is 255 Å². The molecule has 0 saturated carbocycles. The molecule has 2 aliphatic heterocycles. The van der Waals surface area contributed by atoms with Crippen LogP contribution in [0.4, 0.5) is 11.4 Å². The van der Waals surface area contributed by atoms with E-state index in [1.54, 1.807) is 60.7 Å². The van der Waals surface area contributed by atoms with E-state index >= 15 is 0 Å². The fourth-order valence-electron chi connectivity index (χ4n) is 5.01. The van der Waals surface area contributed by atoms with E-state index in [-0.39, 0.29) is 23.2 Å². The lowest BCUT2D eigenvalue weighted by Crippen LogP contribution is -2.33. The van der Waals surface area contributed by atoms with Crippen molar-refractivity contribution < 1.29 is 14.4 Å². The monoisotopic (exact) mass is 673 g/mol. The molecule has 0 aliphatic carbocycles. The van der Waals surface area contributed by atoms with Crippen LogP contribution in [0.5, 0.6) is 0 Å². The Morgan fingerprint density at radius 1 is 0.875 bits per heavy atom. The van der Waals surface area contributed by atoms with Crippen molar-refractivity contribution in [3.05, 3.63) is 107 Å². The number of benzene rings is 3. The number of carbonyl (C=O) groups is 3. The molecular formula is C28H18BrCl2N3O4S2. The molecule has 1 N–H and O–H groups in total. The Hall–Kier alpha value is -2.89. The zero-order valence-corrected chi connectivity index (χ0v) is 25.1. The molecule has 0 bridgehead atoms. The van der Waals surface area contributed by atoms with Crippen molar-refractivity contribution in [2.24, 2.45) is 5.92 Å². The van der Waals surface area contributed by atoms with E-state index in [1.807, 2.05) is 12.1 Å².